The molecular formula is C16H26BrN3OS. The molecule has 4 nitrogen and oxygen atoms in total. The molecule has 2 rings (SSSR count). The summed E-state index contributed by atoms with van der Waals surface area (Å²) in [5.41, 5.74) is 0. The van der Waals surface area contributed by atoms with Crippen LogP contribution in [0.1, 0.15) is 31.6 Å². The first-order valence-electron chi connectivity index (χ1n) is 7.91. The molecule has 1 N–H and O–H groups in total. The highest BCUT2D eigenvalue weighted by Gasteiger charge is 2.21. The second kappa shape index (κ2) is 8.31. The smallest absolute Gasteiger partial charge is 0.317 e. The van der Waals surface area contributed by atoms with Crippen molar-refractivity contribution in [3.05, 3.63) is 20.8 Å². The van der Waals surface area contributed by atoms with Crippen LogP contribution in [0.25, 0.3) is 0 Å². The van der Waals surface area contributed by atoms with Gasteiger partial charge in [-0.25, -0.2) is 4.79 Å². The molecule has 1 aliphatic rings. The summed E-state index contributed by atoms with van der Waals surface area (Å²) in [7, 11) is 1.84. The third-order valence-electron chi connectivity index (χ3n) is 4.35. The molecule has 2 amide bonds. The molecule has 6 heteroatoms. The van der Waals surface area contributed by atoms with Crippen molar-refractivity contribution in [2.24, 2.45) is 5.92 Å². The lowest BCUT2D eigenvalue weighted by Crippen LogP contribution is -2.47. The minimum Gasteiger partial charge on any atom is -0.336 e. The van der Waals surface area contributed by atoms with E-state index >= 15 is 0 Å². The van der Waals surface area contributed by atoms with Gasteiger partial charge in [-0.2, -0.15) is 0 Å². The molecule has 124 valence electrons. The number of nitrogens with one attached hydrogen (secondary N) is 1. The zero-order valence-corrected chi connectivity index (χ0v) is 16.0. The van der Waals surface area contributed by atoms with Gasteiger partial charge in [-0.15, -0.1) is 11.3 Å². The predicted molar refractivity (Wildman–Crippen MR) is 96.3 cm³/mol. The average molecular weight is 388 g/mol. The van der Waals surface area contributed by atoms with Gasteiger partial charge in [-0.1, -0.05) is 6.92 Å². The van der Waals surface area contributed by atoms with Gasteiger partial charge in [0.25, 0.3) is 0 Å². The first kappa shape index (κ1) is 17.8. The number of amides is 2. The van der Waals surface area contributed by atoms with Gasteiger partial charge in [0, 0.05) is 34.4 Å². The van der Waals surface area contributed by atoms with Crippen LogP contribution in [0.15, 0.2) is 15.9 Å². The van der Waals surface area contributed by atoms with E-state index in [1.165, 1.54) is 17.7 Å². The molecule has 0 unspecified atom stereocenters. The quantitative estimate of drug-likeness (QED) is 0.834. The average Bonchev–Trinajstić information content (AvgIpc) is 2.90. The van der Waals surface area contributed by atoms with Gasteiger partial charge in [0.2, 0.25) is 0 Å². The molecule has 1 aliphatic heterocycles. The number of carbonyl (C=O) groups excluding carboxylic acids is 1. The van der Waals surface area contributed by atoms with Gasteiger partial charge < -0.3 is 10.2 Å². The fraction of sp³-hybridized carbons (Fsp3) is 0.688. The Bertz CT molecular complexity index is 485. The Balaban J connectivity index is 1.72. The number of halogens is 1. The number of urea groups is 1. The van der Waals surface area contributed by atoms with Crippen LogP contribution in [0.4, 0.5) is 4.79 Å². The van der Waals surface area contributed by atoms with E-state index in [0.717, 1.165) is 23.5 Å². The summed E-state index contributed by atoms with van der Waals surface area (Å²) in [5.74, 6) is 0.842. The van der Waals surface area contributed by atoms with Crippen molar-refractivity contribution in [1.29, 1.82) is 0 Å². The first-order chi connectivity index (χ1) is 10.5. The van der Waals surface area contributed by atoms with Gasteiger partial charge in [0.15, 0.2) is 0 Å². The Kier molecular flexibility index (Phi) is 6.71. The monoisotopic (exact) mass is 387 g/mol. The van der Waals surface area contributed by atoms with E-state index in [1.807, 2.05) is 12.4 Å². The van der Waals surface area contributed by atoms with E-state index in [2.05, 4.69) is 46.1 Å². The van der Waals surface area contributed by atoms with Crippen molar-refractivity contribution < 1.29 is 4.79 Å². The SMILES string of the molecule is CC1CCN([C@H](C)CNC(=O)N(C)Cc2cc(Br)cs2)CC1. The maximum absolute atomic E-state index is 12.2. The van der Waals surface area contributed by atoms with Gasteiger partial charge in [0.05, 0.1) is 6.54 Å². The van der Waals surface area contributed by atoms with Crippen LogP contribution >= 0.6 is 27.3 Å². The Morgan fingerprint density at radius 1 is 1.55 bits per heavy atom. The Labute approximate surface area is 146 Å². The number of carbonyl (C=O) groups is 1. The Hall–Kier alpha value is -0.590. The third-order valence-corrected chi connectivity index (χ3v) is 6.03. The molecule has 1 fully saturated rings. The van der Waals surface area contributed by atoms with Crippen molar-refractivity contribution in [2.45, 2.75) is 39.3 Å². The summed E-state index contributed by atoms with van der Waals surface area (Å²) in [4.78, 5) is 17.6. The van der Waals surface area contributed by atoms with Crippen LogP contribution in [0, 0.1) is 5.92 Å². The van der Waals surface area contributed by atoms with E-state index in [-0.39, 0.29) is 6.03 Å². The predicted octanol–water partition coefficient (Wildman–Crippen LogP) is 3.77. The van der Waals surface area contributed by atoms with Crippen molar-refractivity contribution in [3.8, 4) is 0 Å². The lowest BCUT2D eigenvalue weighted by atomic mass is 9.98. The second-order valence-corrected chi connectivity index (χ2v) is 8.25. The number of thiophene rings is 1. The zero-order valence-electron chi connectivity index (χ0n) is 13.6. The highest BCUT2D eigenvalue weighted by Crippen LogP contribution is 2.21. The van der Waals surface area contributed by atoms with Crippen molar-refractivity contribution >= 4 is 33.3 Å². The van der Waals surface area contributed by atoms with Crippen LogP contribution in [-0.2, 0) is 6.54 Å². The molecule has 0 radical (unpaired) electrons. The fourth-order valence-corrected chi connectivity index (χ4v) is 4.21. The minimum absolute atomic E-state index is 0.00162. The third kappa shape index (κ3) is 5.25. The number of piperidine rings is 1. The first-order valence-corrected chi connectivity index (χ1v) is 9.59. The van der Waals surface area contributed by atoms with Crippen molar-refractivity contribution in [2.75, 3.05) is 26.7 Å². The van der Waals surface area contributed by atoms with E-state index in [0.29, 0.717) is 19.1 Å². The van der Waals surface area contributed by atoms with Gasteiger partial charge in [-0.05, 0) is 60.8 Å². The normalized spacial score (nSPS) is 18.2. The molecule has 2 heterocycles. The molecule has 1 saturated heterocycles. The highest BCUT2D eigenvalue weighted by atomic mass is 79.9. The molecular weight excluding hydrogens is 362 g/mol. The maximum Gasteiger partial charge on any atom is 0.317 e. The fourth-order valence-electron chi connectivity index (χ4n) is 2.71. The van der Waals surface area contributed by atoms with Gasteiger partial charge in [0.1, 0.15) is 0 Å². The maximum atomic E-state index is 12.2. The molecule has 0 bridgehead atoms. The standard InChI is InChI=1S/C16H26BrN3OS/c1-12-4-6-20(7-5-12)13(2)9-18-16(21)19(3)10-15-8-14(17)11-22-15/h8,11-13H,4-7,9-10H2,1-3H3,(H,18,21)/t13-/m1/s1. The second-order valence-electron chi connectivity index (χ2n) is 6.34. The van der Waals surface area contributed by atoms with Gasteiger partial charge in [-0.3, -0.25) is 4.90 Å². The molecule has 22 heavy (non-hydrogen) atoms. The molecule has 0 saturated carbocycles. The molecule has 1 aromatic rings. The number of hydrogen-bond acceptors (Lipinski definition) is 3. The van der Waals surface area contributed by atoms with E-state index in [1.54, 1.807) is 16.2 Å². The van der Waals surface area contributed by atoms with E-state index < -0.39 is 0 Å². The molecule has 1 atom stereocenters. The molecule has 0 aromatic carbocycles. The largest absolute Gasteiger partial charge is 0.336 e. The van der Waals surface area contributed by atoms with Crippen LogP contribution in [-0.4, -0.2) is 48.6 Å². The minimum atomic E-state index is 0.00162. The zero-order chi connectivity index (χ0) is 16.1. The molecule has 0 aliphatic carbocycles. The number of hydrogen-bond donors (Lipinski definition) is 1. The molecule has 0 spiro atoms. The topological polar surface area (TPSA) is 35.6 Å². The lowest BCUT2D eigenvalue weighted by Gasteiger charge is -2.35. The van der Waals surface area contributed by atoms with Crippen LogP contribution in [0.5, 0.6) is 0 Å². The van der Waals surface area contributed by atoms with Gasteiger partial charge >= 0.3 is 6.03 Å². The van der Waals surface area contributed by atoms with Crippen LogP contribution in [0.2, 0.25) is 0 Å². The van der Waals surface area contributed by atoms with Crippen LogP contribution in [0.3, 0.4) is 0 Å². The highest BCUT2D eigenvalue weighted by molar-refractivity contribution is 9.10. The van der Waals surface area contributed by atoms with E-state index in [4.69, 9.17) is 0 Å². The Morgan fingerprint density at radius 3 is 2.82 bits per heavy atom. The summed E-state index contributed by atoms with van der Waals surface area (Å²) in [6.45, 7) is 8.19. The molecule has 1 aromatic heterocycles. The number of likely N-dealkylation sites (tertiary alicyclic amines) is 1. The Morgan fingerprint density at radius 2 is 2.23 bits per heavy atom. The number of nitrogens with zero attached hydrogens (tertiary/aromatic N) is 2. The van der Waals surface area contributed by atoms with E-state index in [9.17, 15) is 4.79 Å². The number of rotatable bonds is 5. The van der Waals surface area contributed by atoms with Crippen molar-refractivity contribution in [3.63, 3.8) is 0 Å². The van der Waals surface area contributed by atoms with Crippen molar-refractivity contribution in [1.82, 2.24) is 15.1 Å². The lowest BCUT2D eigenvalue weighted by molar-refractivity contribution is 0.142. The summed E-state index contributed by atoms with van der Waals surface area (Å²) < 4.78 is 1.08. The van der Waals surface area contributed by atoms with Crippen LogP contribution < -0.4 is 5.32 Å². The summed E-state index contributed by atoms with van der Waals surface area (Å²) in [5, 5.41) is 5.10. The summed E-state index contributed by atoms with van der Waals surface area (Å²) >= 11 is 5.11. The summed E-state index contributed by atoms with van der Waals surface area (Å²) in [6, 6.07) is 2.47. The summed E-state index contributed by atoms with van der Waals surface area (Å²) in [6.07, 6.45) is 2.54.